The van der Waals surface area contributed by atoms with Crippen LogP contribution in [0.1, 0.15) is 0 Å². The largest absolute Gasteiger partial charge is 0.497 e. The summed E-state index contributed by atoms with van der Waals surface area (Å²) < 4.78 is 5.01. The summed E-state index contributed by atoms with van der Waals surface area (Å²) in [7, 11) is 1.57. The molecule has 3 N–H and O–H groups in total. The van der Waals surface area contributed by atoms with Gasteiger partial charge in [-0.05, 0) is 24.3 Å². The number of methoxy groups -OCH3 is 1. The fraction of sp³-hybridized carbons (Fsp3) is 0.333. The lowest BCUT2D eigenvalue weighted by Crippen LogP contribution is -2.37. The van der Waals surface area contributed by atoms with Crippen molar-refractivity contribution in [1.29, 1.82) is 0 Å². The number of carbonyl (C=O) groups excluding carboxylic acids is 1. The van der Waals surface area contributed by atoms with Crippen LogP contribution in [0.3, 0.4) is 0 Å². The Morgan fingerprint density at radius 3 is 2.53 bits per heavy atom. The minimum absolute atomic E-state index is 0.151. The Morgan fingerprint density at radius 1 is 1.37 bits per heavy atom. The maximum Gasteiger partial charge on any atom is 0.334 e. The second kappa shape index (κ2) is 7.65. The predicted octanol–water partition coefficient (Wildman–Crippen LogP) is 0.349. The number of thioether (sulfide) groups is 1. The van der Waals surface area contributed by atoms with E-state index in [1.807, 2.05) is 12.1 Å². The van der Waals surface area contributed by atoms with E-state index in [0.29, 0.717) is 0 Å². The molecule has 0 aromatic heterocycles. The number of carboxylic acid groups (broad SMARTS) is 1. The number of hydrogen-bond acceptors (Lipinski definition) is 5. The first-order valence-corrected chi connectivity index (χ1v) is 6.46. The van der Waals surface area contributed by atoms with Gasteiger partial charge in [0.15, 0.2) is 6.10 Å². The molecular formula is C12H15NO5S. The minimum Gasteiger partial charge on any atom is -0.497 e. The van der Waals surface area contributed by atoms with Gasteiger partial charge in [0.2, 0.25) is 5.91 Å². The molecular weight excluding hydrogens is 270 g/mol. The van der Waals surface area contributed by atoms with Gasteiger partial charge in [-0.1, -0.05) is 0 Å². The molecule has 6 nitrogen and oxygen atoms in total. The van der Waals surface area contributed by atoms with Crippen molar-refractivity contribution in [3.05, 3.63) is 24.3 Å². The van der Waals surface area contributed by atoms with Crippen LogP contribution in [0.15, 0.2) is 29.2 Å². The molecule has 0 aliphatic rings. The van der Waals surface area contributed by atoms with Crippen molar-refractivity contribution in [2.24, 2.45) is 0 Å². The second-order valence-corrected chi connectivity index (χ2v) is 4.67. The number of benzene rings is 1. The van der Waals surface area contributed by atoms with Crippen LogP contribution in [0.5, 0.6) is 5.75 Å². The normalized spacial score (nSPS) is 11.7. The zero-order valence-electron chi connectivity index (χ0n) is 10.3. The molecule has 104 valence electrons. The summed E-state index contributed by atoms with van der Waals surface area (Å²) in [5, 5.41) is 19.8. The van der Waals surface area contributed by atoms with Gasteiger partial charge < -0.3 is 20.3 Å². The van der Waals surface area contributed by atoms with E-state index in [4.69, 9.17) is 14.9 Å². The zero-order valence-corrected chi connectivity index (χ0v) is 11.1. The summed E-state index contributed by atoms with van der Waals surface area (Å²) in [4.78, 5) is 22.6. The molecule has 0 radical (unpaired) electrons. The maximum atomic E-state index is 11.4. The monoisotopic (exact) mass is 285 g/mol. The van der Waals surface area contributed by atoms with Crippen LogP contribution in [0.4, 0.5) is 0 Å². The van der Waals surface area contributed by atoms with E-state index < -0.39 is 12.1 Å². The van der Waals surface area contributed by atoms with Crippen molar-refractivity contribution in [3.63, 3.8) is 0 Å². The molecule has 0 bridgehead atoms. The highest BCUT2D eigenvalue weighted by Gasteiger charge is 2.13. The number of aliphatic hydroxyl groups is 1. The van der Waals surface area contributed by atoms with Gasteiger partial charge in [0.05, 0.1) is 19.4 Å². The summed E-state index contributed by atoms with van der Waals surface area (Å²) in [6, 6.07) is 7.22. The number of nitrogens with one attached hydrogen (secondary N) is 1. The first-order chi connectivity index (χ1) is 9.02. The number of aliphatic hydroxyl groups excluding tert-OH is 1. The summed E-state index contributed by atoms with van der Waals surface area (Å²) in [6.07, 6.45) is -1.57. The minimum atomic E-state index is -1.57. The Bertz CT molecular complexity index is 434. The van der Waals surface area contributed by atoms with Gasteiger partial charge >= 0.3 is 5.97 Å². The van der Waals surface area contributed by atoms with Crippen LogP contribution < -0.4 is 10.1 Å². The topological polar surface area (TPSA) is 95.9 Å². The summed E-state index contributed by atoms with van der Waals surface area (Å²) in [5.74, 6) is -0.804. The first-order valence-electron chi connectivity index (χ1n) is 5.47. The Balaban J connectivity index is 2.31. The average Bonchev–Trinajstić information content (AvgIpc) is 2.42. The Hall–Kier alpha value is -1.73. The van der Waals surface area contributed by atoms with Crippen molar-refractivity contribution in [3.8, 4) is 5.75 Å². The predicted molar refractivity (Wildman–Crippen MR) is 70.4 cm³/mol. The number of aliphatic carboxylic acids is 1. The number of amides is 1. The molecule has 0 fully saturated rings. The molecule has 0 aliphatic heterocycles. The molecule has 1 atom stereocenters. The second-order valence-electron chi connectivity index (χ2n) is 3.62. The standard InChI is InChI=1S/C12H15NO5S/c1-18-8-2-4-9(5-3-8)19-7-11(15)13-6-10(14)12(16)17/h2-5,10,14H,6-7H2,1H3,(H,13,15)(H,16,17)/t10-/m0/s1. The van der Waals surface area contributed by atoms with Crippen LogP contribution in [0, 0.1) is 0 Å². The van der Waals surface area contributed by atoms with Crippen LogP contribution in [-0.2, 0) is 9.59 Å². The average molecular weight is 285 g/mol. The van der Waals surface area contributed by atoms with E-state index in [0.717, 1.165) is 10.6 Å². The molecule has 1 rings (SSSR count). The highest BCUT2D eigenvalue weighted by Crippen LogP contribution is 2.20. The SMILES string of the molecule is COc1ccc(SCC(=O)NC[C@H](O)C(=O)O)cc1. The van der Waals surface area contributed by atoms with Gasteiger partial charge in [-0.15, -0.1) is 11.8 Å². The molecule has 0 unspecified atom stereocenters. The summed E-state index contributed by atoms with van der Waals surface area (Å²) >= 11 is 1.31. The van der Waals surface area contributed by atoms with Crippen molar-refractivity contribution in [1.82, 2.24) is 5.32 Å². The highest BCUT2D eigenvalue weighted by molar-refractivity contribution is 8.00. The molecule has 1 aromatic rings. The molecule has 0 aliphatic carbocycles. The van der Waals surface area contributed by atoms with Crippen LogP contribution in [-0.4, -0.2) is 47.6 Å². The third-order valence-electron chi connectivity index (χ3n) is 2.21. The van der Waals surface area contributed by atoms with Crippen molar-refractivity contribution >= 4 is 23.6 Å². The number of rotatable bonds is 7. The first kappa shape index (κ1) is 15.3. The van der Waals surface area contributed by atoms with Gasteiger partial charge in [0.25, 0.3) is 0 Å². The Kier molecular flexibility index (Phi) is 6.17. The van der Waals surface area contributed by atoms with E-state index >= 15 is 0 Å². The molecule has 0 heterocycles. The third kappa shape index (κ3) is 5.62. The fourth-order valence-electron chi connectivity index (χ4n) is 1.17. The van der Waals surface area contributed by atoms with Crippen LogP contribution in [0.2, 0.25) is 0 Å². The smallest absolute Gasteiger partial charge is 0.334 e. The van der Waals surface area contributed by atoms with Crippen molar-refractivity contribution in [2.75, 3.05) is 19.4 Å². The molecule has 1 amide bonds. The number of carboxylic acids is 1. The van der Waals surface area contributed by atoms with Crippen molar-refractivity contribution < 1.29 is 24.5 Å². The number of carbonyl (C=O) groups is 2. The van der Waals surface area contributed by atoms with E-state index in [-0.39, 0.29) is 18.2 Å². The Morgan fingerprint density at radius 2 is 2.00 bits per heavy atom. The molecule has 19 heavy (non-hydrogen) atoms. The molecule has 1 aromatic carbocycles. The van der Waals surface area contributed by atoms with Gasteiger partial charge in [-0.3, -0.25) is 4.79 Å². The quantitative estimate of drug-likeness (QED) is 0.626. The van der Waals surface area contributed by atoms with Crippen LogP contribution >= 0.6 is 11.8 Å². The van der Waals surface area contributed by atoms with E-state index in [1.165, 1.54) is 11.8 Å². The van der Waals surface area contributed by atoms with Gasteiger partial charge in [0.1, 0.15) is 5.75 Å². The summed E-state index contributed by atoms with van der Waals surface area (Å²) in [5.41, 5.74) is 0. The van der Waals surface area contributed by atoms with Gasteiger partial charge in [-0.2, -0.15) is 0 Å². The van der Waals surface area contributed by atoms with Crippen molar-refractivity contribution in [2.45, 2.75) is 11.0 Å². The number of hydrogen-bond donors (Lipinski definition) is 3. The Labute approximate surface area is 114 Å². The molecule has 0 saturated heterocycles. The van der Waals surface area contributed by atoms with Gasteiger partial charge in [-0.25, -0.2) is 4.79 Å². The lowest BCUT2D eigenvalue weighted by Gasteiger charge is -2.07. The molecule has 0 spiro atoms. The van der Waals surface area contributed by atoms with E-state index in [1.54, 1.807) is 19.2 Å². The van der Waals surface area contributed by atoms with Crippen LogP contribution in [0.25, 0.3) is 0 Å². The molecule has 0 saturated carbocycles. The van der Waals surface area contributed by atoms with E-state index in [9.17, 15) is 9.59 Å². The lowest BCUT2D eigenvalue weighted by atomic mass is 10.3. The lowest BCUT2D eigenvalue weighted by molar-refractivity contribution is -0.146. The summed E-state index contributed by atoms with van der Waals surface area (Å²) in [6.45, 7) is -0.294. The number of ether oxygens (including phenoxy) is 1. The maximum absolute atomic E-state index is 11.4. The fourth-order valence-corrected chi connectivity index (χ4v) is 1.90. The third-order valence-corrected chi connectivity index (χ3v) is 3.22. The van der Waals surface area contributed by atoms with Gasteiger partial charge in [0, 0.05) is 4.90 Å². The zero-order chi connectivity index (χ0) is 14.3. The molecule has 7 heteroatoms. The van der Waals surface area contributed by atoms with E-state index in [2.05, 4.69) is 5.32 Å². The highest BCUT2D eigenvalue weighted by atomic mass is 32.2.